The molecule has 0 bridgehead atoms. The molecule has 0 saturated carbocycles. The van der Waals surface area contributed by atoms with E-state index in [0.29, 0.717) is 6.61 Å². The summed E-state index contributed by atoms with van der Waals surface area (Å²) in [6.45, 7) is 2.62. The fourth-order valence-electron chi connectivity index (χ4n) is 2.13. The summed E-state index contributed by atoms with van der Waals surface area (Å²) in [5.74, 6) is 2.46. The van der Waals surface area contributed by atoms with Gasteiger partial charge < -0.3 is 15.2 Å². The molecule has 3 rings (SSSR count). The minimum Gasteiger partial charge on any atom is -0.486 e. The summed E-state index contributed by atoms with van der Waals surface area (Å²) in [6, 6.07) is 13.9. The topological polar surface area (TPSA) is 44.5 Å². The average Bonchev–Trinajstić information content (AvgIpc) is 2.46. The molecule has 0 amide bonds. The molecule has 0 aliphatic carbocycles. The number of para-hydroxylation sites is 2. The third kappa shape index (κ3) is 2.85. The second-order valence-electron chi connectivity index (χ2n) is 4.85. The smallest absolute Gasteiger partial charge is 0.161 e. The van der Waals surface area contributed by atoms with Crippen molar-refractivity contribution in [2.24, 2.45) is 0 Å². The molecule has 1 aliphatic heterocycles. The maximum absolute atomic E-state index is 6.02. The Labute approximate surface area is 123 Å². The molecule has 0 aromatic heterocycles. The second-order valence-corrected chi connectivity index (χ2v) is 5.91. The van der Waals surface area contributed by atoms with Crippen LogP contribution in [0.3, 0.4) is 0 Å². The first-order valence-electron chi connectivity index (χ1n) is 6.60. The van der Waals surface area contributed by atoms with Gasteiger partial charge in [-0.3, -0.25) is 0 Å². The summed E-state index contributed by atoms with van der Waals surface area (Å²) in [5.41, 5.74) is 8.03. The highest BCUT2D eigenvalue weighted by Gasteiger charge is 2.20. The van der Waals surface area contributed by atoms with Gasteiger partial charge in [-0.05, 0) is 36.8 Å². The highest BCUT2D eigenvalue weighted by atomic mass is 32.2. The number of nitrogens with two attached hydrogens (primary N) is 1. The number of aryl methyl sites for hydroxylation is 1. The number of rotatable bonds is 3. The van der Waals surface area contributed by atoms with Gasteiger partial charge in [-0.15, -0.1) is 11.8 Å². The summed E-state index contributed by atoms with van der Waals surface area (Å²) < 4.78 is 11.6. The van der Waals surface area contributed by atoms with Gasteiger partial charge in [0.15, 0.2) is 11.5 Å². The van der Waals surface area contributed by atoms with E-state index in [1.54, 1.807) is 11.8 Å². The molecular formula is C16H17NO2S. The van der Waals surface area contributed by atoms with Crippen LogP contribution < -0.4 is 15.2 Å². The standard InChI is InChI=1S/C16H17NO2S/c1-11-6-7-16(13(17)8-11)20-10-12-9-18-14-4-2-3-5-15(14)19-12/h2-8,12H,9-10,17H2,1H3. The molecule has 1 heterocycles. The first-order chi connectivity index (χ1) is 9.72. The Morgan fingerprint density at radius 2 is 2.00 bits per heavy atom. The predicted molar refractivity (Wildman–Crippen MR) is 82.7 cm³/mol. The van der Waals surface area contributed by atoms with Crippen LogP contribution in [0, 0.1) is 6.92 Å². The van der Waals surface area contributed by atoms with Crippen molar-refractivity contribution >= 4 is 17.4 Å². The zero-order valence-electron chi connectivity index (χ0n) is 11.3. The summed E-state index contributed by atoms with van der Waals surface area (Å²) in [5, 5.41) is 0. The highest BCUT2D eigenvalue weighted by Crippen LogP contribution is 2.33. The molecule has 2 aromatic carbocycles. The number of benzene rings is 2. The maximum atomic E-state index is 6.02. The van der Waals surface area contributed by atoms with Gasteiger partial charge >= 0.3 is 0 Å². The molecule has 20 heavy (non-hydrogen) atoms. The predicted octanol–water partition coefficient (Wildman–Crippen LogP) is 3.51. The molecule has 3 nitrogen and oxygen atoms in total. The molecule has 0 fully saturated rings. The fraction of sp³-hybridized carbons (Fsp3) is 0.250. The van der Waals surface area contributed by atoms with Gasteiger partial charge in [0.05, 0.1) is 0 Å². The number of thioether (sulfide) groups is 1. The number of anilines is 1. The molecule has 1 aliphatic rings. The first kappa shape index (κ1) is 13.2. The van der Waals surface area contributed by atoms with Crippen molar-refractivity contribution in [3.05, 3.63) is 48.0 Å². The van der Waals surface area contributed by atoms with Gasteiger partial charge in [0, 0.05) is 16.3 Å². The molecule has 2 aromatic rings. The molecular weight excluding hydrogens is 270 g/mol. The van der Waals surface area contributed by atoms with Crippen LogP contribution in [0.1, 0.15) is 5.56 Å². The Kier molecular flexibility index (Phi) is 3.74. The number of ether oxygens (including phenoxy) is 2. The van der Waals surface area contributed by atoms with Crippen molar-refractivity contribution in [1.82, 2.24) is 0 Å². The van der Waals surface area contributed by atoms with Crippen molar-refractivity contribution in [3.8, 4) is 11.5 Å². The number of fused-ring (bicyclic) bond motifs is 1. The lowest BCUT2D eigenvalue weighted by Crippen LogP contribution is -2.31. The molecule has 0 spiro atoms. The van der Waals surface area contributed by atoms with Gasteiger partial charge in [0.1, 0.15) is 12.7 Å². The minimum absolute atomic E-state index is 0.0515. The largest absolute Gasteiger partial charge is 0.486 e. The summed E-state index contributed by atoms with van der Waals surface area (Å²) >= 11 is 1.71. The van der Waals surface area contributed by atoms with Crippen molar-refractivity contribution in [1.29, 1.82) is 0 Å². The van der Waals surface area contributed by atoms with E-state index in [1.807, 2.05) is 37.3 Å². The van der Waals surface area contributed by atoms with E-state index in [9.17, 15) is 0 Å². The third-order valence-electron chi connectivity index (χ3n) is 3.16. The quantitative estimate of drug-likeness (QED) is 0.693. The van der Waals surface area contributed by atoms with E-state index in [1.165, 1.54) is 5.56 Å². The van der Waals surface area contributed by atoms with E-state index in [4.69, 9.17) is 15.2 Å². The molecule has 0 radical (unpaired) electrons. The Balaban J connectivity index is 1.63. The van der Waals surface area contributed by atoms with Gasteiger partial charge in [-0.25, -0.2) is 0 Å². The molecule has 0 saturated heterocycles. The van der Waals surface area contributed by atoms with Crippen LogP contribution in [-0.4, -0.2) is 18.5 Å². The minimum atomic E-state index is 0.0515. The number of hydrogen-bond acceptors (Lipinski definition) is 4. The Morgan fingerprint density at radius 3 is 2.80 bits per heavy atom. The van der Waals surface area contributed by atoms with Crippen LogP contribution in [0.25, 0.3) is 0 Å². The van der Waals surface area contributed by atoms with Gasteiger partial charge in [0.25, 0.3) is 0 Å². The Hall–Kier alpha value is -1.81. The maximum Gasteiger partial charge on any atom is 0.161 e. The second kappa shape index (κ2) is 5.67. The third-order valence-corrected chi connectivity index (χ3v) is 4.38. The zero-order valence-corrected chi connectivity index (χ0v) is 12.2. The van der Waals surface area contributed by atoms with Crippen molar-refractivity contribution in [2.75, 3.05) is 18.1 Å². The van der Waals surface area contributed by atoms with E-state index in [-0.39, 0.29) is 6.10 Å². The molecule has 1 atom stereocenters. The SMILES string of the molecule is Cc1ccc(SCC2COc3ccccc3O2)c(N)c1. The lowest BCUT2D eigenvalue weighted by atomic mass is 10.2. The zero-order chi connectivity index (χ0) is 13.9. The highest BCUT2D eigenvalue weighted by molar-refractivity contribution is 7.99. The van der Waals surface area contributed by atoms with Gasteiger partial charge in [-0.1, -0.05) is 18.2 Å². The lowest BCUT2D eigenvalue weighted by Gasteiger charge is -2.26. The van der Waals surface area contributed by atoms with E-state index in [2.05, 4.69) is 12.1 Å². The van der Waals surface area contributed by atoms with Gasteiger partial charge in [0.2, 0.25) is 0 Å². The van der Waals surface area contributed by atoms with E-state index in [0.717, 1.165) is 27.8 Å². The molecule has 2 N–H and O–H groups in total. The van der Waals surface area contributed by atoms with Crippen molar-refractivity contribution < 1.29 is 9.47 Å². The van der Waals surface area contributed by atoms with E-state index >= 15 is 0 Å². The van der Waals surface area contributed by atoms with Gasteiger partial charge in [-0.2, -0.15) is 0 Å². The van der Waals surface area contributed by atoms with Crippen LogP contribution >= 0.6 is 11.8 Å². The normalized spacial score (nSPS) is 16.9. The molecule has 4 heteroatoms. The van der Waals surface area contributed by atoms with Crippen LogP contribution in [0.2, 0.25) is 0 Å². The Bertz CT molecular complexity index is 615. The van der Waals surface area contributed by atoms with Crippen LogP contribution in [0.15, 0.2) is 47.4 Å². The van der Waals surface area contributed by atoms with Crippen molar-refractivity contribution in [3.63, 3.8) is 0 Å². The molecule has 104 valence electrons. The first-order valence-corrected chi connectivity index (χ1v) is 7.58. The van der Waals surface area contributed by atoms with E-state index < -0.39 is 0 Å². The van der Waals surface area contributed by atoms with Crippen LogP contribution in [0.4, 0.5) is 5.69 Å². The molecule has 1 unspecified atom stereocenters. The van der Waals surface area contributed by atoms with Crippen LogP contribution in [0.5, 0.6) is 11.5 Å². The average molecular weight is 287 g/mol. The monoisotopic (exact) mass is 287 g/mol. The van der Waals surface area contributed by atoms with Crippen molar-refractivity contribution in [2.45, 2.75) is 17.9 Å². The number of hydrogen-bond donors (Lipinski definition) is 1. The van der Waals surface area contributed by atoms with Crippen LogP contribution in [-0.2, 0) is 0 Å². The lowest BCUT2D eigenvalue weighted by molar-refractivity contribution is 0.107. The summed E-state index contributed by atoms with van der Waals surface area (Å²) in [7, 11) is 0. The summed E-state index contributed by atoms with van der Waals surface area (Å²) in [4.78, 5) is 1.10. The Morgan fingerprint density at radius 1 is 1.20 bits per heavy atom. The number of nitrogen functional groups attached to an aromatic ring is 1. The summed E-state index contributed by atoms with van der Waals surface area (Å²) in [6.07, 6.45) is 0.0515. The fourth-order valence-corrected chi connectivity index (χ4v) is 3.05.